The molecule has 19 heavy (non-hydrogen) atoms. The van der Waals surface area contributed by atoms with Gasteiger partial charge in [-0.1, -0.05) is 31.1 Å². The van der Waals surface area contributed by atoms with Crippen LogP contribution in [0.5, 0.6) is 0 Å². The van der Waals surface area contributed by atoms with Crippen LogP contribution in [-0.4, -0.2) is 0 Å². The Labute approximate surface area is 120 Å². The van der Waals surface area contributed by atoms with Crippen LogP contribution in [0.4, 0.5) is 0 Å². The van der Waals surface area contributed by atoms with Crippen molar-refractivity contribution in [2.75, 3.05) is 0 Å². The normalized spacial score (nSPS) is 36.5. The van der Waals surface area contributed by atoms with Gasteiger partial charge in [0.2, 0.25) is 0 Å². The lowest BCUT2D eigenvalue weighted by molar-refractivity contribution is 0.153. The SMILES string of the molecule is C=CCCC1CCC(C2CCC(C=CC)CC2)CC1. The second-order valence-corrected chi connectivity index (χ2v) is 6.85. The second-order valence-electron chi connectivity index (χ2n) is 6.85. The Balaban J connectivity index is 1.69. The van der Waals surface area contributed by atoms with E-state index < -0.39 is 0 Å². The van der Waals surface area contributed by atoms with E-state index in [1.54, 1.807) is 0 Å². The van der Waals surface area contributed by atoms with Crippen molar-refractivity contribution in [2.45, 2.75) is 71.1 Å². The largest absolute Gasteiger partial charge is 0.103 e. The van der Waals surface area contributed by atoms with Gasteiger partial charge in [-0.05, 0) is 82.0 Å². The van der Waals surface area contributed by atoms with E-state index in [1.165, 1.54) is 64.2 Å². The summed E-state index contributed by atoms with van der Waals surface area (Å²) < 4.78 is 0. The van der Waals surface area contributed by atoms with Crippen molar-refractivity contribution in [1.82, 2.24) is 0 Å². The van der Waals surface area contributed by atoms with E-state index in [4.69, 9.17) is 0 Å². The molecule has 0 heterocycles. The lowest BCUT2D eigenvalue weighted by Gasteiger charge is -2.37. The standard InChI is InChI=1S/C19H32/c1-3-5-7-17-10-14-19(15-11-17)18-12-8-16(6-4-2)9-13-18/h3-4,6,16-19H,1,5,7-15H2,2H3. The zero-order valence-electron chi connectivity index (χ0n) is 12.8. The van der Waals surface area contributed by atoms with E-state index in [-0.39, 0.29) is 0 Å². The summed E-state index contributed by atoms with van der Waals surface area (Å²) in [4.78, 5) is 0. The van der Waals surface area contributed by atoms with E-state index in [0.717, 1.165) is 23.7 Å². The maximum atomic E-state index is 3.85. The average Bonchev–Trinajstić information content (AvgIpc) is 2.47. The van der Waals surface area contributed by atoms with E-state index in [9.17, 15) is 0 Å². The summed E-state index contributed by atoms with van der Waals surface area (Å²) in [5.74, 6) is 4.02. The number of hydrogen-bond donors (Lipinski definition) is 0. The molecule has 0 radical (unpaired) electrons. The van der Waals surface area contributed by atoms with Crippen LogP contribution >= 0.6 is 0 Å². The van der Waals surface area contributed by atoms with E-state index in [2.05, 4.69) is 31.7 Å². The first-order valence-electron chi connectivity index (χ1n) is 8.57. The Morgan fingerprint density at radius 1 is 0.895 bits per heavy atom. The minimum Gasteiger partial charge on any atom is -0.103 e. The predicted octanol–water partition coefficient (Wildman–Crippen LogP) is 6.14. The molecule has 0 nitrogen and oxygen atoms in total. The van der Waals surface area contributed by atoms with E-state index in [0.29, 0.717) is 0 Å². The summed E-state index contributed by atoms with van der Waals surface area (Å²) in [6.07, 6.45) is 21.3. The number of hydrogen-bond acceptors (Lipinski definition) is 0. The second kappa shape index (κ2) is 7.92. The lowest BCUT2D eigenvalue weighted by atomic mass is 9.68. The molecular weight excluding hydrogens is 228 g/mol. The maximum absolute atomic E-state index is 3.85. The van der Waals surface area contributed by atoms with Gasteiger partial charge < -0.3 is 0 Å². The molecule has 0 atom stereocenters. The molecule has 2 rings (SSSR count). The van der Waals surface area contributed by atoms with Crippen LogP contribution < -0.4 is 0 Å². The molecule has 0 spiro atoms. The van der Waals surface area contributed by atoms with Gasteiger partial charge >= 0.3 is 0 Å². The third kappa shape index (κ3) is 4.51. The van der Waals surface area contributed by atoms with Gasteiger partial charge in [0.05, 0.1) is 0 Å². The van der Waals surface area contributed by atoms with Crippen molar-refractivity contribution in [3.63, 3.8) is 0 Å². The molecule has 108 valence electrons. The van der Waals surface area contributed by atoms with Gasteiger partial charge in [-0.3, -0.25) is 0 Å². The summed E-state index contributed by atoms with van der Waals surface area (Å²) in [6.45, 7) is 6.01. The molecule has 0 unspecified atom stereocenters. The number of allylic oxidation sites excluding steroid dienone is 3. The van der Waals surface area contributed by atoms with Crippen molar-refractivity contribution in [1.29, 1.82) is 0 Å². The molecule has 0 saturated heterocycles. The highest BCUT2D eigenvalue weighted by atomic mass is 14.3. The lowest BCUT2D eigenvalue weighted by Crippen LogP contribution is -2.25. The smallest absolute Gasteiger partial charge is 0.0233 e. The highest BCUT2D eigenvalue weighted by molar-refractivity contribution is 4.90. The minimum atomic E-state index is 0.894. The van der Waals surface area contributed by atoms with Crippen LogP contribution in [0.1, 0.15) is 71.1 Å². The Morgan fingerprint density at radius 2 is 1.47 bits per heavy atom. The molecule has 0 aromatic rings. The summed E-state index contributed by atoms with van der Waals surface area (Å²) >= 11 is 0. The summed E-state index contributed by atoms with van der Waals surface area (Å²) in [5, 5.41) is 0. The molecule has 0 N–H and O–H groups in total. The summed E-state index contributed by atoms with van der Waals surface area (Å²) in [7, 11) is 0. The molecular formula is C19H32. The van der Waals surface area contributed by atoms with Crippen molar-refractivity contribution in [2.24, 2.45) is 23.7 Å². The molecule has 0 bridgehead atoms. The molecule has 0 aliphatic heterocycles. The molecule has 0 amide bonds. The molecule has 2 aliphatic rings. The average molecular weight is 260 g/mol. The van der Waals surface area contributed by atoms with Crippen LogP contribution in [0.2, 0.25) is 0 Å². The van der Waals surface area contributed by atoms with Crippen LogP contribution in [0, 0.1) is 23.7 Å². The van der Waals surface area contributed by atoms with Crippen molar-refractivity contribution >= 4 is 0 Å². The first-order chi connectivity index (χ1) is 9.33. The van der Waals surface area contributed by atoms with E-state index >= 15 is 0 Å². The Bertz CT molecular complexity index is 272. The first kappa shape index (κ1) is 14.9. The van der Waals surface area contributed by atoms with Crippen molar-refractivity contribution in [3.8, 4) is 0 Å². The quantitative estimate of drug-likeness (QED) is 0.521. The van der Waals surface area contributed by atoms with Gasteiger partial charge in [-0.2, -0.15) is 0 Å². The van der Waals surface area contributed by atoms with Crippen LogP contribution in [-0.2, 0) is 0 Å². The highest BCUT2D eigenvalue weighted by Crippen LogP contribution is 2.42. The molecule has 0 heteroatoms. The Kier molecular flexibility index (Phi) is 6.20. The Hall–Kier alpha value is -0.520. The topological polar surface area (TPSA) is 0 Å². The van der Waals surface area contributed by atoms with Gasteiger partial charge in [-0.15, -0.1) is 6.58 Å². The Morgan fingerprint density at radius 3 is 2.00 bits per heavy atom. The fraction of sp³-hybridized carbons (Fsp3) is 0.789. The van der Waals surface area contributed by atoms with Gasteiger partial charge in [0.1, 0.15) is 0 Å². The van der Waals surface area contributed by atoms with E-state index in [1.807, 2.05) is 0 Å². The fourth-order valence-electron chi connectivity index (χ4n) is 4.38. The molecule has 2 fully saturated rings. The maximum Gasteiger partial charge on any atom is -0.0233 e. The summed E-state index contributed by atoms with van der Waals surface area (Å²) in [5.41, 5.74) is 0. The monoisotopic (exact) mass is 260 g/mol. The van der Waals surface area contributed by atoms with Gasteiger partial charge in [-0.25, -0.2) is 0 Å². The van der Waals surface area contributed by atoms with Gasteiger partial charge in [0, 0.05) is 0 Å². The predicted molar refractivity (Wildman–Crippen MR) is 85.1 cm³/mol. The van der Waals surface area contributed by atoms with Gasteiger partial charge in [0.25, 0.3) is 0 Å². The van der Waals surface area contributed by atoms with Crippen LogP contribution in [0.3, 0.4) is 0 Å². The first-order valence-corrected chi connectivity index (χ1v) is 8.57. The van der Waals surface area contributed by atoms with Crippen molar-refractivity contribution in [3.05, 3.63) is 24.8 Å². The molecule has 0 aromatic carbocycles. The molecule has 2 aliphatic carbocycles. The molecule has 2 saturated carbocycles. The molecule has 0 aromatic heterocycles. The highest BCUT2D eigenvalue weighted by Gasteiger charge is 2.29. The van der Waals surface area contributed by atoms with Crippen LogP contribution in [0.25, 0.3) is 0 Å². The van der Waals surface area contributed by atoms with Gasteiger partial charge in [0.15, 0.2) is 0 Å². The summed E-state index contributed by atoms with van der Waals surface area (Å²) in [6, 6.07) is 0. The zero-order valence-corrected chi connectivity index (χ0v) is 12.8. The third-order valence-corrected chi connectivity index (χ3v) is 5.62. The zero-order chi connectivity index (χ0) is 13.5. The number of rotatable bonds is 5. The fourth-order valence-corrected chi connectivity index (χ4v) is 4.38. The third-order valence-electron chi connectivity index (χ3n) is 5.62. The van der Waals surface area contributed by atoms with Crippen LogP contribution in [0.15, 0.2) is 24.8 Å². The van der Waals surface area contributed by atoms with Crippen molar-refractivity contribution < 1.29 is 0 Å². The minimum absolute atomic E-state index is 0.894.